The van der Waals surface area contributed by atoms with Gasteiger partial charge in [-0.15, -0.1) is 24.0 Å². The van der Waals surface area contributed by atoms with E-state index < -0.39 is 11.7 Å². The SMILES string of the molecule is I.NC(=NCCc1ccccn1)NCCNc1ncccc1C(F)(F)F. The number of hydrogen-bond acceptors (Lipinski definition) is 4. The Labute approximate surface area is 166 Å². The van der Waals surface area contributed by atoms with Crippen LogP contribution in [0.4, 0.5) is 19.0 Å². The van der Waals surface area contributed by atoms with E-state index in [0.29, 0.717) is 19.5 Å². The van der Waals surface area contributed by atoms with Crippen molar-refractivity contribution in [3.8, 4) is 0 Å². The van der Waals surface area contributed by atoms with Crippen LogP contribution in [0.3, 0.4) is 0 Å². The Kier molecular flexibility index (Phi) is 9.10. The average molecular weight is 480 g/mol. The van der Waals surface area contributed by atoms with Gasteiger partial charge in [0.05, 0.1) is 5.56 Å². The van der Waals surface area contributed by atoms with Gasteiger partial charge >= 0.3 is 6.18 Å². The van der Waals surface area contributed by atoms with Crippen LogP contribution in [0.5, 0.6) is 0 Å². The summed E-state index contributed by atoms with van der Waals surface area (Å²) in [5, 5.41) is 5.48. The lowest BCUT2D eigenvalue weighted by Crippen LogP contribution is -2.35. The molecule has 0 unspecified atom stereocenters. The lowest BCUT2D eigenvalue weighted by Gasteiger charge is -2.13. The minimum Gasteiger partial charge on any atom is -0.370 e. The Balaban J connectivity index is 0.00000338. The van der Waals surface area contributed by atoms with Gasteiger partial charge in [0.25, 0.3) is 0 Å². The molecule has 0 bridgehead atoms. The van der Waals surface area contributed by atoms with Crippen LogP contribution in [0.2, 0.25) is 0 Å². The molecule has 0 aliphatic heterocycles. The molecule has 0 aromatic carbocycles. The molecule has 0 atom stereocenters. The highest BCUT2D eigenvalue weighted by atomic mass is 127. The molecule has 0 fully saturated rings. The molecule has 2 aromatic rings. The zero-order chi connectivity index (χ0) is 18.1. The van der Waals surface area contributed by atoms with Crippen molar-refractivity contribution in [1.29, 1.82) is 0 Å². The molecule has 0 saturated carbocycles. The highest BCUT2D eigenvalue weighted by Gasteiger charge is 2.33. The Morgan fingerprint density at radius 1 is 1.08 bits per heavy atom. The number of alkyl halides is 3. The number of nitrogens with one attached hydrogen (secondary N) is 2. The van der Waals surface area contributed by atoms with Crippen LogP contribution in [0.25, 0.3) is 0 Å². The lowest BCUT2D eigenvalue weighted by molar-refractivity contribution is -0.137. The number of aromatic nitrogens is 2. The van der Waals surface area contributed by atoms with Gasteiger partial charge in [-0.1, -0.05) is 6.07 Å². The fourth-order valence-electron chi connectivity index (χ4n) is 2.04. The maximum absolute atomic E-state index is 12.8. The molecule has 2 rings (SSSR count). The number of hydrogen-bond donors (Lipinski definition) is 3. The summed E-state index contributed by atoms with van der Waals surface area (Å²) in [5.41, 5.74) is 5.83. The predicted molar refractivity (Wildman–Crippen MR) is 106 cm³/mol. The molecule has 0 aliphatic carbocycles. The molecular formula is C16H20F3IN6. The number of nitrogens with two attached hydrogens (primary N) is 1. The molecule has 4 N–H and O–H groups in total. The Hall–Kier alpha value is -2.11. The van der Waals surface area contributed by atoms with Gasteiger partial charge in [0.15, 0.2) is 5.96 Å². The summed E-state index contributed by atoms with van der Waals surface area (Å²) < 4.78 is 38.5. The van der Waals surface area contributed by atoms with Crippen molar-refractivity contribution >= 4 is 35.8 Å². The maximum Gasteiger partial charge on any atom is 0.419 e. The smallest absolute Gasteiger partial charge is 0.370 e. The van der Waals surface area contributed by atoms with Crippen molar-refractivity contribution < 1.29 is 13.2 Å². The third-order valence-electron chi connectivity index (χ3n) is 3.21. The van der Waals surface area contributed by atoms with E-state index in [1.54, 1.807) is 6.20 Å². The van der Waals surface area contributed by atoms with Gasteiger partial charge in [0, 0.05) is 44.1 Å². The van der Waals surface area contributed by atoms with E-state index in [1.807, 2.05) is 18.2 Å². The largest absolute Gasteiger partial charge is 0.419 e. The van der Waals surface area contributed by atoms with E-state index in [9.17, 15) is 13.2 Å². The van der Waals surface area contributed by atoms with Crippen LogP contribution in [-0.4, -0.2) is 35.6 Å². The number of guanidine groups is 1. The minimum atomic E-state index is -4.45. The first-order valence-electron chi connectivity index (χ1n) is 7.66. The molecule has 0 saturated heterocycles. The Morgan fingerprint density at radius 3 is 2.54 bits per heavy atom. The molecule has 0 spiro atoms. The van der Waals surface area contributed by atoms with E-state index in [0.717, 1.165) is 11.8 Å². The number of pyridine rings is 2. The van der Waals surface area contributed by atoms with Crippen molar-refractivity contribution in [3.05, 3.63) is 54.0 Å². The maximum atomic E-state index is 12.8. The number of anilines is 1. The fourth-order valence-corrected chi connectivity index (χ4v) is 2.04. The number of rotatable bonds is 7. The summed E-state index contributed by atoms with van der Waals surface area (Å²) >= 11 is 0. The predicted octanol–water partition coefficient (Wildman–Crippen LogP) is 2.67. The van der Waals surface area contributed by atoms with Crippen LogP contribution in [-0.2, 0) is 12.6 Å². The second kappa shape index (κ2) is 10.8. The van der Waals surface area contributed by atoms with E-state index in [4.69, 9.17) is 5.73 Å². The Morgan fingerprint density at radius 2 is 1.85 bits per heavy atom. The third-order valence-corrected chi connectivity index (χ3v) is 3.21. The first-order valence-corrected chi connectivity index (χ1v) is 7.66. The second-order valence-electron chi connectivity index (χ2n) is 5.09. The van der Waals surface area contributed by atoms with Crippen molar-refractivity contribution in [1.82, 2.24) is 15.3 Å². The fraction of sp³-hybridized carbons (Fsp3) is 0.312. The van der Waals surface area contributed by atoms with E-state index in [-0.39, 0.29) is 42.3 Å². The summed E-state index contributed by atoms with van der Waals surface area (Å²) in [6, 6.07) is 7.86. The van der Waals surface area contributed by atoms with E-state index in [2.05, 4.69) is 25.6 Å². The summed E-state index contributed by atoms with van der Waals surface area (Å²) in [6.45, 7) is 1.01. The van der Waals surface area contributed by atoms with Crippen LogP contribution >= 0.6 is 24.0 Å². The highest BCUT2D eigenvalue weighted by Crippen LogP contribution is 2.33. The van der Waals surface area contributed by atoms with Crippen molar-refractivity contribution in [3.63, 3.8) is 0 Å². The van der Waals surface area contributed by atoms with Crippen LogP contribution < -0.4 is 16.4 Å². The number of aliphatic imine (C=N–C) groups is 1. The van der Waals surface area contributed by atoms with E-state index >= 15 is 0 Å². The molecule has 2 heterocycles. The topological polar surface area (TPSA) is 88.2 Å². The molecule has 2 aromatic heterocycles. The van der Waals surface area contributed by atoms with Crippen LogP contribution in [0.15, 0.2) is 47.7 Å². The van der Waals surface area contributed by atoms with Gasteiger partial charge < -0.3 is 16.4 Å². The van der Waals surface area contributed by atoms with Gasteiger partial charge in [-0.05, 0) is 24.3 Å². The molecule has 26 heavy (non-hydrogen) atoms. The normalized spacial score (nSPS) is 11.6. The van der Waals surface area contributed by atoms with Gasteiger partial charge in [0.1, 0.15) is 5.82 Å². The molecule has 10 heteroatoms. The molecule has 6 nitrogen and oxygen atoms in total. The Bertz CT molecular complexity index is 694. The zero-order valence-electron chi connectivity index (χ0n) is 13.8. The highest BCUT2D eigenvalue weighted by molar-refractivity contribution is 14.0. The zero-order valence-corrected chi connectivity index (χ0v) is 16.2. The van der Waals surface area contributed by atoms with E-state index in [1.165, 1.54) is 12.3 Å². The van der Waals surface area contributed by atoms with Gasteiger partial charge in [-0.3, -0.25) is 9.98 Å². The summed E-state index contributed by atoms with van der Waals surface area (Å²) in [4.78, 5) is 12.0. The number of halogens is 4. The van der Waals surface area contributed by atoms with Crippen molar-refractivity contribution in [2.24, 2.45) is 10.7 Å². The van der Waals surface area contributed by atoms with Gasteiger partial charge in [-0.2, -0.15) is 13.2 Å². The molecule has 0 amide bonds. The summed E-state index contributed by atoms with van der Waals surface area (Å²) in [6.07, 6.45) is -0.780. The second-order valence-corrected chi connectivity index (χ2v) is 5.09. The quantitative estimate of drug-likeness (QED) is 0.246. The monoisotopic (exact) mass is 480 g/mol. The van der Waals surface area contributed by atoms with Crippen LogP contribution in [0.1, 0.15) is 11.3 Å². The molecule has 0 radical (unpaired) electrons. The van der Waals surface area contributed by atoms with Gasteiger partial charge in [0.2, 0.25) is 0 Å². The van der Waals surface area contributed by atoms with Crippen molar-refractivity contribution in [2.45, 2.75) is 12.6 Å². The lowest BCUT2D eigenvalue weighted by atomic mass is 10.2. The summed E-state index contributed by atoms with van der Waals surface area (Å²) in [5.74, 6) is 0.0252. The van der Waals surface area contributed by atoms with Crippen LogP contribution in [0, 0.1) is 0 Å². The molecule has 0 aliphatic rings. The first-order chi connectivity index (χ1) is 12.0. The van der Waals surface area contributed by atoms with Crippen molar-refractivity contribution in [2.75, 3.05) is 25.0 Å². The average Bonchev–Trinajstić information content (AvgIpc) is 2.59. The number of nitrogens with zero attached hydrogens (tertiary/aromatic N) is 3. The molecular weight excluding hydrogens is 460 g/mol. The minimum absolute atomic E-state index is 0. The standard InChI is InChI=1S/C16H19F3N6.HI/c17-16(18,19)13-5-3-8-22-14(13)23-10-11-25-15(20)24-9-6-12-4-1-2-7-21-12;/h1-5,7-8H,6,9-11H2,(H,22,23)(H3,20,24,25);1H. The first kappa shape index (κ1) is 21.9. The van der Waals surface area contributed by atoms with Gasteiger partial charge in [-0.25, -0.2) is 4.98 Å². The third kappa shape index (κ3) is 7.42. The summed E-state index contributed by atoms with van der Waals surface area (Å²) in [7, 11) is 0. The molecule has 142 valence electrons.